The highest BCUT2D eigenvalue weighted by atomic mass is 16.3. The molecule has 0 fully saturated rings. The standard InChI is InChI=1S/C23H14N2O/c1-2-7-20-16(5-1)23-21(26-20)11-10-18-22(23)15-9-8-14(13-19(15)25-18)17-6-3-4-12-24-17/h1-13,25H. The van der Waals surface area contributed by atoms with Crippen molar-refractivity contribution in [3.05, 3.63) is 79.0 Å². The number of benzene rings is 3. The Labute approximate surface area is 148 Å². The van der Waals surface area contributed by atoms with Crippen LogP contribution in [0.4, 0.5) is 0 Å². The lowest BCUT2D eigenvalue weighted by Crippen LogP contribution is -1.81. The van der Waals surface area contributed by atoms with E-state index in [-0.39, 0.29) is 0 Å². The van der Waals surface area contributed by atoms with E-state index in [0.717, 1.165) is 38.8 Å². The molecule has 122 valence electrons. The SMILES string of the molecule is c1ccc(-c2ccc3c(c2)[nH]c2ccc4oc5ccccc5c4c23)nc1. The fourth-order valence-electron chi connectivity index (χ4n) is 3.90. The molecule has 0 spiro atoms. The minimum Gasteiger partial charge on any atom is -0.456 e. The summed E-state index contributed by atoms with van der Waals surface area (Å²) in [6, 6.07) is 24.8. The number of aromatic nitrogens is 2. The molecule has 0 bridgehead atoms. The van der Waals surface area contributed by atoms with Crippen molar-refractivity contribution in [1.82, 2.24) is 9.97 Å². The first-order valence-corrected chi connectivity index (χ1v) is 8.65. The Balaban J connectivity index is 1.73. The van der Waals surface area contributed by atoms with E-state index in [1.54, 1.807) is 0 Å². The number of aromatic amines is 1. The highest BCUT2D eigenvalue weighted by Crippen LogP contribution is 2.38. The summed E-state index contributed by atoms with van der Waals surface area (Å²) in [5.74, 6) is 0. The minimum absolute atomic E-state index is 0.924. The zero-order chi connectivity index (χ0) is 17.1. The normalized spacial score (nSPS) is 11.8. The van der Waals surface area contributed by atoms with Crippen LogP contribution in [0.3, 0.4) is 0 Å². The monoisotopic (exact) mass is 334 g/mol. The van der Waals surface area contributed by atoms with Crippen molar-refractivity contribution in [3.8, 4) is 11.3 Å². The van der Waals surface area contributed by atoms with E-state index < -0.39 is 0 Å². The molecule has 3 heterocycles. The number of nitrogens with one attached hydrogen (secondary N) is 1. The maximum atomic E-state index is 6.05. The molecule has 0 saturated carbocycles. The van der Waals surface area contributed by atoms with Crippen molar-refractivity contribution in [2.45, 2.75) is 0 Å². The van der Waals surface area contributed by atoms with Gasteiger partial charge in [0.1, 0.15) is 11.2 Å². The van der Waals surface area contributed by atoms with Crippen LogP contribution in [-0.2, 0) is 0 Å². The van der Waals surface area contributed by atoms with Crippen LogP contribution in [0.15, 0.2) is 83.4 Å². The van der Waals surface area contributed by atoms with Gasteiger partial charge in [0.15, 0.2) is 0 Å². The van der Waals surface area contributed by atoms with E-state index in [2.05, 4.69) is 46.4 Å². The molecule has 1 N–H and O–H groups in total. The van der Waals surface area contributed by atoms with Gasteiger partial charge in [0, 0.05) is 44.3 Å². The van der Waals surface area contributed by atoms with Crippen LogP contribution in [-0.4, -0.2) is 9.97 Å². The van der Waals surface area contributed by atoms with Gasteiger partial charge in [-0.2, -0.15) is 0 Å². The van der Waals surface area contributed by atoms with Crippen LogP contribution < -0.4 is 0 Å². The average molecular weight is 334 g/mol. The summed E-state index contributed by atoms with van der Waals surface area (Å²) in [6.07, 6.45) is 1.83. The van der Waals surface area contributed by atoms with Crippen molar-refractivity contribution >= 4 is 43.7 Å². The molecule has 0 radical (unpaired) electrons. The molecule has 26 heavy (non-hydrogen) atoms. The van der Waals surface area contributed by atoms with Crippen LogP contribution in [0.2, 0.25) is 0 Å². The molecule has 6 rings (SSSR count). The molecule has 3 heteroatoms. The van der Waals surface area contributed by atoms with Gasteiger partial charge in [-0.05, 0) is 36.4 Å². The van der Waals surface area contributed by atoms with Crippen molar-refractivity contribution in [2.75, 3.05) is 0 Å². The summed E-state index contributed by atoms with van der Waals surface area (Å²) in [7, 11) is 0. The zero-order valence-electron chi connectivity index (χ0n) is 13.9. The van der Waals surface area contributed by atoms with E-state index in [0.29, 0.717) is 0 Å². The van der Waals surface area contributed by atoms with Gasteiger partial charge >= 0.3 is 0 Å². The van der Waals surface area contributed by atoms with Gasteiger partial charge < -0.3 is 9.40 Å². The van der Waals surface area contributed by atoms with Crippen molar-refractivity contribution in [2.24, 2.45) is 0 Å². The Kier molecular flexibility index (Phi) is 2.61. The third-order valence-corrected chi connectivity index (χ3v) is 5.06. The Morgan fingerprint density at radius 1 is 0.692 bits per heavy atom. The molecule has 3 nitrogen and oxygen atoms in total. The van der Waals surface area contributed by atoms with Crippen molar-refractivity contribution in [1.29, 1.82) is 0 Å². The Hall–Kier alpha value is -3.59. The topological polar surface area (TPSA) is 41.8 Å². The van der Waals surface area contributed by atoms with Gasteiger partial charge in [0.25, 0.3) is 0 Å². The maximum absolute atomic E-state index is 6.05. The second kappa shape index (κ2) is 4.96. The van der Waals surface area contributed by atoms with Crippen LogP contribution in [0, 0.1) is 0 Å². The summed E-state index contributed by atoms with van der Waals surface area (Å²) in [5, 5.41) is 4.75. The van der Waals surface area contributed by atoms with E-state index >= 15 is 0 Å². The number of para-hydroxylation sites is 1. The Morgan fingerprint density at radius 2 is 1.62 bits per heavy atom. The summed E-state index contributed by atoms with van der Waals surface area (Å²) >= 11 is 0. The quantitative estimate of drug-likeness (QED) is 0.384. The Morgan fingerprint density at radius 3 is 2.54 bits per heavy atom. The second-order valence-electron chi connectivity index (χ2n) is 6.56. The molecule has 0 saturated heterocycles. The molecular formula is C23H14N2O. The van der Waals surface area contributed by atoms with Crippen LogP contribution in [0.5, 0.6) is 0 Å². The Bertz CT molecular complexity index is 1420. The molecule has 6 aromatic rings. The number of fused-ring (bicyclic) bond motifs is 7. The second-order valence-corrected chi connectivity index (χ2v) is 6.56. The largest absolute Gasteiger partial charge is 0.456 e. The van der Waals surface area contributed by atoms with Gasteiger partial charge in [0.2, 0.25) is 0 Å². The van der Waals surface area contributed by atoms with Crippen molar-refractivity contribution in [3.63, 3.8) is 0 Å². The number of pyridine rings is 1. The number of rotatable bonds is 1. The van der Waals surface area contributed by atoms with Gasteiger partial charge in [0.05, 0.1) is 5.69 Å². The van der Waals surface area contributed by atoms with E-state index in [1.807, 2.05) is 42.6 Å². The molecule has 0 aliphatic rings. The third-order valence-electron chi connectivity index (χ3n) is 5.06. The van der Waals surface area contributed by atoms with Gasteiger partial charge in [-0.1, -0.05) is 36.4 Å². The average Bonchev–Trinajstić information content (AvgIpc) is 3.25. The fourth-order valence-corrected chi connectivity index (χ4v) is 3.90. The van der Waals surface area contributed by atoms with Crippen LogP contribution in [0.1, 0.15) is 0 Å². The number of H-pyrrole nitrogens is 1. The summed E-state index contributed by atoms with van der Waals surface area (Å²) in [4.78, 5) is 8.03. The van der Waals surface area contributed by atoms with Crippen LogP contribution in [0.25, 0.3) is 55.0 Å². The summed E-state index contributed by atoms with van der Waals surface area (Å²) in [6.45, 7) is 0. The van der Waals surface area contributed by atoms with E-state index in [4.69, 9.17) is 4.42 Å². The lowest BCUT2D eigenvalue weighted by atomic mass is 10.0. The molecule has 3 aromatic heterocycles. The maximum Gasteiger partial charge on any atom is 0.136 e. The number of nitrogens with zero attached hydrogens (tertiary/aromatic N) is 1. The summed E-state index contributed by atoms with van der Waals surface area (Å²) in [5.41, 5.74) is 6.17. The fraction of sp³-hybridized carbons (Fsp3) is 0. The van der Waals surface area contributed by atoms with Gasteiger partial charge in [-0.15, -0.1) is 0 Å². The number of hydrogen-bond acceptors (Lipinski definition) is 2. The molecule has 0 amide bonds. The number of hydrogen-bond donors (Lipinski definition) is 1. The molecule has 0 aliphatic heterocycles. The first-order valence-electron chi connectivity index (χ1n) is 8.65. The first kappa shape index (κ1) is 13.7. The first-order chi connectivity index (χ1) is 12.9. The summed E-state index contributed by atoms with van der Waals surface area (Å²) < 4.78 is 6.05. The lowest BCUT2D eigenvalue weighted by Gasteiger charge is -2.00. The highest BCUT2D eigenvalue weighted by Gasteiger charge is 2.14. The predicted molar refractivity (Wildman–Crippen MR) is 106 cm³/mol. The van der Waals surface area contributed by atoms with Gasteiger partial charge in [-0.3, -0.25) is 4.98 Å². The smallest absolute Gasteiger partial charge is 0.136 e. The molecule has 0 unspecified atom stereocenters. The zero-order valence-corrected chi connectivity index (χ0v) is 13.9. The molecular weight excluding hydrogens is 320 g/mol. The van der Waals surface area contributed by atoms with Crippen LogP contribution >= 0.6 is 0 Å². The minimum atomic E-state index is 0.924. The van der Waals surface area contributed by atoms with E-state index in [9.17, 15) is 0 Å². The molecule has 3 aromatic carbocycles. The highest BCUT2D eigenvalue weighted by molar-refractivity contribution is 6.26. The predicted octanol–water partition coefficient (Wildman–Crippen LogP) is 6.28. The van der Waals surface area contributed by atoms with E-state index in [1.165, 1.54) is 16.2 Å². The lowest BCUT2D eigenvalue weighted by molar-refractivity contribution is 0.669. The van der Waals surface area contributed by atoms with Gasteiger partial charge in [-0.25, -0.2) is 0 Å². The third kappa shape index (κ3) is 1.80. The van der Waals surface area contributed by atoms with Crippen molar-refractivity contribution < 1.29 is 4.42 Å². The number of furan rings is 1. The molecule has 0 aliphatic carbocycles. The molecule has 0 atom stereocenters.